The second-order valence-corrected chi connectivity index (χ2v) is 5.70. The SMILES string of the molecule is COc1ccc(OC)c(NC(=O)C(=O)NC[C@H](OC)c2ccccc2OC)c1. The summed E-state index contributed by atoms with van der Waals surface area (Å²) >= 11 is 0. The molecule has 0 aromatic heterocycles. The molecule has 2 amide bonds. The lowest BCUT2D eigenvalue weighted by molar-refractivity contribution is -0.136. The number of methoxy groups -OCH3 is 4. The largest absolute Gasteiger partial charge is 0.497 e. The molecule has 0 radical (unpaired) electrons. The van der Waals surface area contributed by atoms with E-state index >= 15 is 0 Å². The maximum atomic E-state index is 12.3. The van der Waals surface area contributed by atoms with Crippen molar-refractivity contribution in [3.05, 3.63) is 48.0 Å². The summed E-state index contributed by atoms with van der Waals surface area (Å²) in [5.41, 5.74) is 1.10. The van der Waals surface area contributed by atoms with Crippen molar-refractivity contribution in [2.45, 2.75) is 6.10 Å². The Kier molecular flexibility index (Phi) is 7.65. The molecule has 28 heavy (non-hydrogen) atoms. The molecule has 2 N–H and O–H groups in total. The Morgan fingerprint density at radius 2 is 1.61 bits per heavy atom. The minimum absolute atomic E-state index is 0.0956. The van der Waals surface area contributed by atoms with E-state index in [0.717, 1.165) is 5.56 Å². The molecule has 2 aromatic carbocycles. The monoisotopic (exact) mass is 388 g/mol. The third-order valence-electron chi connectivity index (χ3n) is 4.08. The molecule has 0 bridgehead atoms. The third-order valence-corrected chi connectivity index (χ3v) is 4.08. The second kappa shape index (κ2) is 10.2. The lowest BCUT2D eigenvalue weighted by Crippen LogP contribution is -2.38. The zero-order chi connectivity index (χ0) is 20.5. The number of ether oxygens (including phenoxy) is 4. The molecule has 150 valence electrons. The highest BCUT2D eigenvalue weighted by Crippen LogP contribution is 2.29. The summed E-state index contributed by atoms with van der Waals surface area (Å²) in [6.45, 7) is 0.0956. The molecule has 8 heteroatoms. The molecule has 0 heterocycles. The van der Waals surface area contributed by atoms with E-state index in [-0.39, 0.29) is 6.54 Å². The molecule has 0 saturated heterocycles. The van der Waals surface area contributed by atoms with Crippen LogP contribution in [0.5, 0.6) is 17.2 Å². The van der Waals surface area contributed by atoms with Gasteiger partial charge in [-0.05, 0) is 18.2 Å². The van der Waals surface area contributed by atoms with E-state index < -0.39 is 17.9 Å². The van der Waals surface area contributed by atoms with Crippen LogP contribution in [-0.4, -0.2) is 46.8 Å². The number of hydrogen-bond donors (Lipinski definition) is 2. The molecular weight excluding hydrogens is 364 g/mol. The first kappa shape index (κ1) is 21.0. The Labute approximate surface area is 163 Å². The summed E-state index contributed by atoms with van der Waals surface area (Å²) in [4.78, 5) is 24.5. The highest BCUT2D eigenvalue weighted by molar-refractivity contribution is 6.39. The molecule has 0 aliphatic heterocycles. The Bertz CT molecular complexity index is 824. The smallest absolute Gasteiger partial charge is 0.313 e. The zero-order valence-corrected chi connectivity index (χ0v) is 16.3. The van der Waals surface area contributed by atoms with Crippen LogP contribution in [0.25, 0.3) is 0 Å². The summed E-state index contributed by atoms with van der Waals surface area (Å²) in [5.74, 6) is -0.0738. The van der Waals surface area contributed by atoms with Gasteiger partial charge in [0.05, 0.1) is 27.0 Å². The summed E-state index contributed by atoms with van der Waals surface area (Å²) in [6.07, 6.45) is -0.473. The molecule has 0 aliphatic carbocycles. The fourth-order valence-electron chi connectivity index (χ4n) is 2.61. The molecule has 0 aliphatic rings. The molecule has 1 atom stereocenters. The molecule has 2 aromatic rings. The van der Waals surface area contributed by atoms with Crippen molar-refractivity contribution in [2.75, 3.05) is 40.3 Å². The maximum Gasteiger partial charge on any atom is 0.313 e. The first-order valence-electron chi connectivity index (χ1n) is 8.51. The van der Waals surface area contributed by atoms with Crippen molar-refractivity contribution < 1.29 is 28.5 Å². The van der Waals surface area contributed by atoms with E-state index in [1.54, 1.807) is 31.4 Å². The maximum absolute atomic E-state index is 12.3. The van der Waals surface area contributed by atoms with Gasteiger partial charge in [0, 0.05) is 25.3 Å². The third kappa shape index (κ3) is 5.14. The van der Waals surface area contributed by atoms with Crippen LogP contribution >= 0.6 is 0 Å². The van der Waals surface area contributed by atoms with Crippen molar-refractivity contribution in [1.82, 2.24) is 5.32 Å². The van der Waals surface area contributed by atoms with Crippen LogP contribution in [0.15, 0.2) is 42.5 Å². The van der Waals surface area contributed by atoms with Gasteiger partial charge in [-0.1, -0.05) is 18.2 Å². The summed E-state index contributed by atoms with van der Waals surface area (Å²) in [6, 6.07) is 12.2. The number of carbonyl (C=O) groups is 2. The standard InChI is InChI=1S/C20H24N2O6/c1-25-13-9-10-17(27-3)15(11-13)22-20(24)19(23)21-12-18(28-4)14-7-5-6-8-16(14)26-2/h5-11,18H,12H2,1-4H3,(H,21,23)(H,22,24)/t18-/m0/s1. The van der Waals surface area contributed by atoms with Gasteiger partial charge in [0.25, 0.3) is 0 Å². The molecular formula is C20H24N2O6. The minimum Gasteiger partial charge on any atom is -0.497 e. The van der Waals surface area contributed by atoms with Crippen molar-refractivity contribution in [2.24, 2.45) is 0 Å². The lowest BCUT2D eigenvalue weighted by Gasteiger charge is -2.19. The number of rotatable bonds is 8. The van der Waals surface area contributed by atoms with Crippen molar-refractivity contribution in [1.29, 1.82) is 0 Å². The molecule has 0 saturated carbocycles. The van der Waals surface area contributed by atoms with E-state index in [2.05, 4.69) is 10.6 Å². The topological polar surface area (TPSA) is 95.1 Å². The van der Waals surface area contributed by atoms with E-state index in [1.165, 1.54) is 21.3 Å². The van der Waals surface area contributed by atoms with Crippen LogP contribution < -0.4 is 24.8 Å². The van der Waals surface area contributed by atoms with Gasteiger partial charge in [0.1, 0.15) is 23.4 Å². The molecule has 8 nitrogen and oxygen atoms in total. The predicted octanol–water partition coefficient (Wildman–Crippen LogP) is 2.15. The van der Waals surface area contributed by atoms with Gasteiger partial charge in [-0.25, -0.2) is 0 Å². The average molecular weight is 388 g/mol. The van der Waals surface area contributed by atoms with E-state index in [0.29, 0.717) is 22.9 Å². The molecule has 0 unspecified atom stereocenters. The molecule has 0 fully saturated rings. The Balaban J connectivity index is 2.03. The fraction of sp³-hybridized carbons (Fsp3) is 0.300. The van der Waals surface area contributed by atoms with Gasteiger partial charge in [-0.15, -0.1) is 0 Å². The summed E-state index contributed by atoms with van der Waals surface area (Å²) < 4.78 is 21.1. The first-order valence-corrected chi connectivity index (χ1v) is 8.51. The predicted molar refractivity (Wildman–Crippen MR) is 104 cm³/mol. The number of nitrogens with one attached hydrogen (secondary N) is 2. The van der Waals surface area contributed by atoms with Crippen LogP contribution in [-0.2, 0) is 14.3 Å². The normalized spacial score (nSPS) is 11.3. The quantitative estimate of drug-likeness (QED) is 0.673. The summed E-state index contributed by atoms with van der Waals surface area (Å²) in [7, 11) is 6.04. The Morgan fingerprint density at radius 1 is 0.893 bits per heavy atom. The number of anilines is 1. The van der Waals surface area contributed by atoms with Gasteiger partial charge >= 0.3 is 11.8 Å². The van der Waals surface area contributed by atoms with Crippen molar-refractivity contribution in [3.63, 3.8) is 0 Å². The average Bonchev–Trinajstić information content (AvgIpc) is 2.74. The number of para-hydroxylation sites is 1. The van der Waals surface area contributed by atoms with Crippen LogP contribution in [0.1, 0.15) is 11.7 Å². The van der Waals surface area contributed by atoms with Crippen LogP contribution in [0, 0.1) is 0 Å². The van der Waals surface area contributed by atoms with Crippen LogP contribution in [0.4, 0.5) is 5.69 Å². The second-order valence-electron chi connectivity index (χ2n) is 5.70. The Morgan fingerprint density at radius 3 is 2.25 bits per heavy atom. The van der Waals surface area contributed by atoms with Gasteiger partial charge in [0.2, 0.25) is 0 Å². The van der Waals surface area contributed by atoms with Gasteiger partial charge in [-0.3, -0.25) is 9.59 Å². The van der Waals surface area contributed by atoms with Crippen molar-refractivity contribution in [3.8, 4) is 17.2 Å². The molecule has 2 rings (SSSR count). The lowest BCUT2D eigenvalue weighted by atomic mass is 10.1. The number of hydrogen-bond acceptors (Lipinski definition) is 6. The van der Waals surface area contributed by atoms with Gasteiger partial charge in [-0.2, -0.15) is 0 Å². The fourth-order valence-corrected chi connectivity index (χ4v) is 2.61. The van der Waals surface area contributed by atoms with Gasteiger partial charge in [0.15, 0.2) is 0 Å². The van der Waals surface area contributed by atoms with E-state index in [4.69, 9.17) is 18.9 Å². The molecule has 0 spiro atoms. The number of amides is 2. The van der Waals surface area contributed by atoms with Crippen molar-refractivity contribution >= 4 is 17.5 Å². The summed E-state index contributed by atoms with van der Waals surface area (Å²) in [5, 5.41) is 5.08. The number of benzene rings is 2. The highest BCUT2D eigenvalue weighted by Gasteiger charge is 2.20. The van der Waals surface area contributed by atoms with Crippen LogP contribution in [0.2, 0.25) is 0 Å². The number of carbonyl (C=O) groups excluding carboxylic acids is 2. The van der Waals surface area contributed by atoms with Gasteiger partial charge < -0.3 is 29.6 Å². The first-order chi connectivity index (χ1) is 13.5. The van der Waals surface area contributed by atoms with E-state index in [9.17, 15) is 9.59 Å². The minimum atomic E-state index is -0.832. The van der Waals surface area contributed by atoms with E-state index in [1.807, 2.05) is 18.2 Å². The highest BCUT2D eigenvalue weighted by atomic mass is 16.5. The van der Waals surface area contributed by atoms with Crippen LogP contribution in [0.3, 0.4) is 0 Å². The Hall–Kier alpha value is -3.26. The zero-order valence-electron chi connectivity index (χ0n) is 16.3.